The minimum atomic E-state index is -0.248. The van der Waals surface area contributed by atoms with Crippen molar-refractivity contribution in [1.29, 1.82) is 5.26 Å². The maximum absolute atomic E-state index is 11.7. The highest BCUT2D eigenvalue weighted by atomic mass is 35.5. The Morgan fingerprint density at radius 1 is 1.56 bits per heavy atom. The van der Waals surface area contributed by atoms with E-state index in [4.69, 9.17) is 21.6 Å². The Labute approximate surface area is 111 Å². The highest BCUT2D eigenvalue weighted by Gasteiger charge is 2.45. The lowest BCUT2D eigenvalue weighted by atomic mass is 10.1. The first kappa shape index (κ1) is 12.9. The molecule has 1 aromatic carbocycles. The zero-order valence-electron chi connectivity index (χ0n) is 10.1. The Balaban J connectivity index is 1.85. The van der Waals surface area contributed by atoms with E-state index in [9.17, 15) is 4.79 Å². The van der Waals surface area contributed by atoms with Crippen LogP contribution in [0.5, 0.6) is 0 Å². The maximum Gasteiger partial charge on any atom is 0.309 e. The fraction of sp³-hybridized carbons (Fsp3) is 0.429. The molecule has 2 rings (SSSR count). The minimum Gasteiger partial charge on any atom is -0.464 e. The van der Waals surface area contributed by atoms with Crippen LogP contribution >= 0.6 is 11.6 Å². The third kappa shape index (κ3) is 3.02. The first-order valence-corrected chi connectivity index (χ1v) is 6.31. The second-order valence-electron chi connectivity index (χ2n) is 4.66. The number of nitriles is 1. The minimum absolute atomic E-state index is 0.0583. The normalized spacial score (nSPS) is 22.9. The van der Waals surface area contributed by atoms with Crippen molar-refractivity contribution >= 4 is 17.6 Å². The molecule has 94 valence electrons. The Hall–Kier alpha value is -1.53. The highest BCUT2D eigenvalue weighted by Crippen LogP contribution is 2.48. The van der Waals surface area contributed by atoms with Gasteiger partial charge in [0.2, 0.25) is 0 Å². The van der Waals surface area contributed by atoms with Crippen LogP contribution in [-0.4, -0.2) is 12.6 Å². The average molecular weight is 264 g/mol. The summed E-state index contributed by atoms with van der Waals surface area (Å²) in [7, 11) is 0. The fourth-order valence-electron chi connectivity index (χ4n) is 1.89. The molecule has 0 aromatic heterocycles. The lowest BCUT2D eigenvalue weighted by Gasteiger charge is -2.05. The van der Waals surface area contributed by atoms with Crippen molar-refractivity contribution in [2.45, 2.75) is 19.3 Å². The van der Waals surface area contributed by atoms with Crippen LogP contribution in [0.2, 0.25) is 5.02 Å². The summed E-state index contributed by atoms with van der Waals surface area (Å²) in [6, 6.07) is 9.58. The molecule has 1 aliphatic rings. The Kier molecular flexibility index (Phi) is 3.88. The molecule has 18 heavy (non-hydrogen) atoms. The predicted molar refractivity (Wildman–Crippen MR) is 68.0 cm³/mol. The SMILES string of the molecule is C[C@H](C#N)COC(=O)[C@H]1C[C@@H]1c1ccc(Cl)cc1. The zero-order chi connectivity index (χ0) is 13.1. The average Bonchev–Trinajstić information content (AvgIpc) is 3.16. The molecule has 3 atom stereocenters. The molecule has 0 saturated heterocycles. The summed E-state index contributed by atoms with van der Waals surface area (Å²) in [4.78, 5) is 11.7. The van der Waals surface area contributed by atoms with Crippen LogP contribution in [0.3, 0.4) is 0 Å². The van der Waals surface area contributed by atoms with E-state index in [2.05, 4.69) is 0 Å². The van der Waals surface area contributed by atoms with E-state index >= 15 is 0 Å². The van der Waals surface area contributed by atoms with Crippen molar-refractivity contribution in [1.82, 2.24) is 0 Å². The number of hydrogen-bond acceptors (Lipinski definition) is 3. The summed E-state index contributed by atoms with van der Waals surface area (Å²) in [6.07, 6.45) is 0.821. The third-order valence-corrected chi connectivity index (χ3v) is 3.34. The van der Waals surface area contributed by atoms with Gasteiger partial charge in [0, 0.05) is 5.02 Å². The van der Waals surface area contributed by atoms with E-state index in [-0.39, 0.29) is 30.3 Å². The molecule has 1 aromatic rings. The Morgan fingerprint density at radius 2 is 2.22 bits per heavy atom. The van der Waals surface area contributed by atoms with Gasteiger partial charge in [0.1, 0.15) is 6.61 Å². The summed E-state index contributed by atoms with van der Waals surface area (Å²) in [6.45, 7) is 1.91. The lowest BCUT2D eigenvalue weighted by molar-refractivity contribution is -0.146. The summed E-state index contributed by atoms with van der Waals surface area (Å²) < 4.78 is 5.11. The molecule has 4 heteroatoms. The van der Waals surface area contributed by atoms with Gasteiger partial charge in [-0.15, -0.1) is 0 Å². The molecule has 0 spiro atoms. The topological polar surface area (TPSA) is 50.1 Å². The molecular weight excluding hydrogens is 250 g/mol. The quantitative estimate of drug-likeness (QED) is 0.784. The van der Waals surface area contributed by atoms with Crippen molar-refractivity contribution in [3.8, 4) is 6.07 Å². The number of rotatable bonds is 4. The van der Waals surface area contributed by atoms with Gasteiger partial charge in [0.15, 0.2) is 0 Å². The van der Waals surface area contributed by atoms with E-state index < -0.39 is 0 Å². The summed E-state index contributed by atoms with van der Waals surface area (Å²) in [5.74, 6) is -0.261. The van der Waals surface area contributed by atoms with Gasteiger partial charge in [-0.3, -0.25) is 4.79 Å². The first-order chi connectivity index (χ1) is 8.61. The number of benzene rings is 1. The van der Waals surface area contributed by atoms with Crippen LogP contribution in [0.15, 0.2) is 24.3 Å². The van der Waals surface area contributed by atoms with Gasteiger partial charge in [-0.05, 0) is 37.0 Å². The molecule has 0 amide bonds. The molecule has 1 fully saturated rings. The molecule has 3 nitrogen and oxygen atoms in total. The molecule has 1 aliphatic carbocycles. The van der Waals surface area contributed by atoms with E-state index in [1.54, 1.807) is 6.92 Å². The van der Waals surface area contributed by atoms with Gasteiger partial charge in [-0.1, -0.05) is 23.7 Å². The van der Waals surface area contributed by atoms with E-state index in [1.165, 1.54) is 0 Å². The van der Waals surface area contributed by atoms with Gasteiger partial charge in [0.05, 0.1) is 17.9 Å². The van der Waals surface area contributed by atoms with Crippen molar-refractivity contribution in [2.24, 2.45) is 11.8 Å². The number of ether oxygens (including phenoxy) is 1. The molecule has 0 heterocycles. The van der Waals surface area contributed by atoms with E-state index in [0.717, 1.165) is 12.0 Å². The Bertz CT molecular complexity index is 478. The van der Waals surface area contributed by atoms with Crippen molar-refractivity contribution in [2.75, 3.05) is 6.61 Å². The van der Waals surface area contributed by atoms with Crippen LogP contribution in [0, 0.1) is 23.2 Å². The number of carbonyl (C=O) groups excluding carboxylic acids is 1. The van der Waals surface area contributed by atoms with Crippen LogP contribution in [0.25, 0.3) is 0 Å². The largest absolute Gasteiger partial charge is 0.464 e. The second kappa shape index (κ2) is 5.41. The number of esters is 1. The molecule has 0 aliphatic heterocycles. The summed E-state index contributed by atoms with van der Waals surface area (Å²) in [5, 5.41) is 9.30. The van der Waals surface area contributed by atoms with E-state index in [1.807, 2.05) is 30.3 Å². The summed E-state index contributed by atoms with van der Waals surface area (Å²) in [5.41, 5.74) is 1.12. The van der Waals surface area contributed by atoms with Gasteiger partial charge in [-0.25, -0.2) is 0 Å². The molecular formula is C14H14ClNO2. The molecule has 0 unspecified atom stereocenters. The van der Waals surface area contributed by atoms with Crippen LogP contribution < -0.4 is 0 Å². The van der Waals surface area contributed by atoms with Crippen molar-refractivity contribution in [3.63, 3.8) is 0 Å². The number of hydrogen-bond donors (Lipinski definition) is 0. The van der Waals surface area contributed by atoms with E-state index in [0.29, 0.717) is 5.02 Å². The lowest BCUT2D eigenvalue weighted by Crippen LogP contribution is -2.12. The monoisotopic (exact) mass is 263 g/mol. The maximum atomic E-state index is 11.7. The van der Waals surface area contributed by atoms with Gasteiger partial charge in [0.25, 0.3) is 0 Å². The van der Waals surface area contributed by atoms with Crippen molar-refractivity contribution in [3.05, 3.63) is 34.9 Å². The van der Waals surface area contributed by atoms with Crippen LogP contribution in [0.4, 0.5) is 0 Å². The first-order valence-electron chi connectivity index (χ1n) is 5.93. The number of nitrogens with zero attached hydrogens (tertiary/aromatic N) is 1. The van der Waals surface area contributed by atoms with Gasteiger partial charge >= 0.3 is 5.97 Å². The highest BCUT2D eigenvalue weighted by molar-refractivity contribution is 6.30. The molecule has 0 radical (unpaired) electrons. The summed E-state index contributed by atoms with van der Waals surface area (Å²) >= 11 is 5.81. The molecule has 0 N–H and O–H groups in total. The fourth-order valence-corrected chi connectivity index (χ4v) is 2.01. The molecule has 0 bridgehead atoms. The zero-order valence-corrected chi connectivity index (χ0v) is 10.9. The van der Waals surface area contributed by atoms with Gasteiger partial charge in [-0.2, -0.15) is 5.26 Å². The van der Waals surface area contributed by atoms with Gasteiger partial charge < -0.3 is 4.74 Å². The number of halogens is 1. The predicted octanol–water partition coefficient (Wildman–Crippen LogP) is 3.15. The standard InChI is InChI=1S/C14H14ClNO2/c1-9(7-16)8-18-14(17)13-6-12(13)10-2-4-11(15)5-3-10/h2-5,9,12-13H,6,8H2,1H3/t9-,12-,13+/m1/s1. The Morgan fingerprint density at radius 3 is 2.83 bits per heavy atom. The molecule has 1 saturated carbocycles. The van der Waals surface area contributed by atoms with Crippen LogP contribution in [-0.2, 0) is 9.53 Å². The second-order valence-corrected chi connectivity index (χ2v) is 5.10. The number of carbonyl (C=O) groups is 1. The van der Waals surface area contributed by atoms with Crippen LogP contribution in [0.1, 0.15) is 24.8 Å². The smallest absolute Gasteiger partial charge is 0.309 e. The van der Waals surface area contributed by atoms with Crippen molar-refractivity contribution < 1.29 is 9.53 Å². The third-order valence-electron chi connectivity index (χ3n) is 3.09.